The summed E-state index contributed by atoms with van der Waals surface area (Å²) in [5, 5.41) is 12.9. The number of nitriles is 1. The van der Waals surface area contributed by atoms with Gasteiger partial charge in [-0.05, 0) is 31.0 Å². The second-order valence-corrected chi connectivity index (χ2v) is 8.01. The number of aromatic amines is 1. The van der Waals surface area contributed by atoms with Crippen LogP contribution in [0.5, 0.6) is 0 Å². The Hall–Kier alpha value is -3.77. The van der Waals surface area contributed by atoms with Crippen molar-refractivity contribution in [3.63, 3.8) is 0 Å². The van der Waals surface area contributed by atoms with Crippen LogP contribution in [0, 0.1) is 11.3 Å². The number of imidazole rings is 1. The molecule has 0 radical (unpaired) electrons. The molecule has 2 N–H and O–H groups in total. The third-order valence-electron chi connectivity index (χ3n) is 6.07. The third-order valence-corrected chi connectivity index (χ3v) is 6.07. The third kappa shape index (κ3) is 3.81. The molecule has 0 bridgehead atoms. The number of fused-ring (bicyclic) bond motifs is 3. The number of hydrogen-bond acceptors (Lipinski definition) is 6. The molecule has 32 heavy (non-hydrogen) atoms. The van der Waals surface area contributed by atoms with Gasteiger partial charge in [0.2, 0.25) is 0 Å². The molecule has 1 aliphatic heterocycles. The monoisotopic (exact) mass is 428 g/mol. The maximum Gasteiger partial charge on any atom is 0.270 e. The molecule has 9 nitrogen and oxygen atoms in total. The molecule has 0 spiro atoms. The average molecular weight is 429 g/mol. The van der Waals surface area contributed by atoms with Crippen molar-refractivity contribution in [3.05, 3.63) is 54.4 Å². The van der Waals surface area contributed by atoms with E-state index in [1.807, 2.05) is 12.3 Å². The van der Waals surface area contributed by atoms with Gasteiger partial charge < -0.3 is 19.8 Å². The Balaban J connectivity index is 1.46. The van der Waals surface area contributed by atoms with Crippen LogP contribution in [-0.2, 0) is 6.54 Å². The van der Waals surface area contributed by atoms with Crippen LogP contribution in [-0.4, -0.2) is 54.9 Å². The highest BCUT2D eigenvalue weighted by atomic mass is 16.1. The standard InChI is InChI=1S/C23H24N8O/c24-8-3-11-30-12-6-16(7-13-30)31-20(15-28-23(32)18-4-1-2-9-25-18)29-19-14-27-22-17(21(19)31)5-10-26-22/h1-2,4-5,9-10,14,16H,3,6-7,11-13,15H2,(H,26,27)(H,28,32). The van der Waals surface area contributed by atoms with Crippen LogP contribution < -0.4 is 5.32 Å². The van der Waals surface area contributed by atoms with Crippen molar-refractivity contribution in [3.8, 4) is 6.07 Å². The van der Waals surface area contributed by atoms with Crippen molar-refractivity contribution in [2.24, 2.45) is 0 Å². The van der Waals surface area contributed by atoms with Gasteiger partial charge in [-0.25, -0.2) is 9.97 Å². The predicted molar refractivity (Wildman–Crippen MR) is 120 cm³/mol. The minimum absolute atomic E-state index is 0.222. The summed E-state index contributed by atoms with van der Waals surface area (Å²) in [6.45, 7) is 3.00. The SMILES string of the molecule is N#CCCN1CCC(n2c(CNC(=O)c3ccccn3)nc3cnc4[nH]ccc4c32)CC1. The van der Waals surface area contributed by atoms with Crippen molar-refractivity contribution >= 4 is 28.0 Å². The number of aromatic nitrogens is 5. The number of piperidine rings is 1. The first kappa shape index (κ1) is 20.2. The van der Waals surface area contributed by atoms with Crippen molar-refractivity contribution in [1.29, 1.82) is 5.26 Å². The van der Waals surface area contributed by atoms with Crippen LogP contribution in [0.15, 0.2) is 42.9 Å². The van der Waals surface area contributed by atoms with Crippen molar-refractivity contribution < 1.29 is 4.79 Å². The number of amides is 1. The van der Waals surface area contributed by atoms with Gasteiger partial charge in [0, 0.05) is 49.9 Å². The lowest BCUT2D eigenvalue weighted by atomic mass is 10.0. The Morgan fingerprint density at radius 1 is 1.25 bits per heavy atom. The van der Waals surface area contributed by atoms with Crippen LogP contribution in [0.2, 0.25) is 0 Å². The molecule has 0 aromatic carbocycles. The highest BCUT2D eigenvalue weighted by molar-refractivity contribution is 6.01. The van der Waals surface area contributed by atoms with Crippen LogP contribution in [0.1, 0.15) is 41.6 Å². The van der Waals surface area contributed by atoms with E-state index in [2.05, 4.69) is 35.8 Å². The lowest BCUT2D eigenvalue weighted by Crippen LogP contribution is -2.36. The smallest absolute Gasteiger partial charge is 0.270 e. The molecule has 5 heterocycles. The van der Waals surface area contributed by atoms with E-state index in [4.69, 9.17) is 10.2 Å². The van der Waals surface area contributed by atoms with Crippen molar-refractivity contribution in [1.82, 2.24) is 34.7 Å². The van der Waals surface area contributed by atoms with Crippen molar-refractivity contribution in [2.75, 3.05) is 19.6 Å². The quantitative estimate of drug-likeness (QED) is 0.488. The number of hydrogen-bond donors (Lipinski definition) is 2. The molecule has 1 fully saturated rings. The summed E-state index contributed by atoms with van der Waals surface area (Å²) in [4.78, 5) is 31.6. The minimum atomic E-state index is -0.222. The zero-order valence-electron chi connectivity index (χ0n) is 17.7. The zero-order valence-corrected chi connectivity index (χ0v) is 17.7. The van der Waals surface area contributed by atoms with Crippen LogP contribution >= 0.6 is 0 Å². The van der Waals surface area contributed by atoms with Gasteiger partial charge in [0.1, 0.15) is 22.7 Å². The number of nitrogens with one attached hydrogen (secondary N) is 2. The summed E-state index contributed by atoms with van der Waals surface area (Å²) in [5.41, 5.74) is 3.09. The maximum absolute atomic E-state index is 12.6. The van der Waals surface area contributed by atoms with E-state index in [9.17, 15) is 4.79 Å². The number of pyridine rings is 2. The molecule has 5 rings (SSSR count). The second kappa shape index (κ2) is 8.77. The first-order chi connectivity index (χ1) is 15.7. The van der Waals surface area contributed by atoms with E-state index >= 15 is 0 Å². The van der Waals surface area contributed by atoms with E-state index in [0.29, 0.717) is 18.7 Å². The number of carbonyl (C=O) groups excluding carboxylic acids is 1. The Morgan fingerprint density at radius 2 is 2.12 bits per heavy atom. The van der Waals surface area contributed by atoms with E-state index in [1.54, 1.807) is 30.6 Å². The molecular formula is C23H24N8O. The molecule has 0 saturated carbocycles. The largest absolute Gasteiger partial charge is 0.346 e. The summed E-state index contributed by atoms with van der Waals surface area (Å²) in [6, 6.07) is 9.81. The van der Waals surface area contributed by atoms with Gasteiger partial charge in [0.25, 0.3) is 5.91 Å². The van der Waals surface area contributed by atoms with Crippen LogP contribution in [0.4, 0.5) is 0 Å². The molecule has 4 aromatic rings. The predicted octanol–water partition coefficient (Wildman–Crippen LogP) is 2.79. The van der Waals surface area contributed by atoms with Crippen LogP contribution in [0.3, 0.4) is 0 Å². The fourth-order valence-electron chi connectivity index (χ4n) is 4.51. The zero-order chi connectivity index (χ0) is 21.9. The summed E-state index contributed by atoms with van der Waals surface area (Å²) in [6.07, 6.45) is 7.77. The highest BCUT2D eigenvalue weighted by Gasteiger charge is 2.26. The van der Waals surface area contributed by atoms with Gasteiger partial charge in [-0.1, -0.05) is 6.07 Å². The molecule has 162 valence electrons. The summed E-state index contributed by atoms with van der Waals surface area (Å²) in [5.74, 6) is 0.593. The van der Waals surface area contributed by atoms with E-state index in [-0.39, 0.29) is 11.9 Å². The second-order valence-electron chi connectivity index (χ2n) is 8.01. The molecule has 1 amide bonds. The van der Waals surface area contributed by atoms with E-state index in [1.165, 1.54) is 0 Å². The lowest BCUT2D eigenvalue weighted by Gasteiger charge is -2.33. The Kier molecular flexibility index (Phi) is 5.52. The Labute approximate surface area is 185 Å². The summed E-state index contributed by atoms with van der Waals surface area (Å²) in [7, 11) is 0. The van der Waals surface area contributed by atoms with E-state index in [0.717, 1.165) is 60.4 Å². The average Bonchev–Trinajstić information content (AvgIpc) is 3.46. The molecule has 0 unspecified atom stereocenters. The number of nitrogens with zero attached hydrogens (tertiary/aromatic N) is 6. The fourth-order valence-corrected chi connectivity index (χ4v) is 4.51. The molecule has 0 atom stereocenters. The topological polar surface area (TPSA) is 116 Å². The lowest BCUT2D eigenvalue weighted by molar-refractivity contribution is 0.0944. The van der Waals surface area contributed by atoms with Crippen molar-refractivity contribution in [2.45, 2.75) is 31.8 Å². The summed E-state index contributed by atoms with van der Waals surface area (Å²) < 4.78 is 2.29. The molecule has 9 heteroatoms. The minimum Gasteiger partial charge on any atom is -0.346 e. The van der Waals surface area contributed by atoms with Gasteiger partial charge >= 0.3 is 0 Å². The van der Waals surface area contributed by atoms with E-state index < -0.39 is 0 Å². The normalized spacial score (nSPS) is 15.2. The number of likely N-dealkylation sites (tertiary alicyclic amines) is 1. The van der Waals surface area contributed by atoms with Gasteiger partial charge in [0.15, 0.2) is 0 Å². The number of carbonyl (C=O) groups is 1. The molecular weight excluding hydrogens is 404 g/mol. The van der Waals surface area contributed by atoms with Gasteiger partial charge in [0.05, 0.1) is 24.3 Å². The molecule has 1 saturated heterocycles. The Bertz CT molecular complexity index is 1280. The first-order valence-corrected chi connectivity index (χ1v) is 10.9. The fraction of sp³-hybridized carbons (Fsp3) is 0.348. The van der Waals surface area contributed by atoms with Gasteiger partial charge in [-0.3, -0.25) is 9.78 Å². The highest BCUT2D eigenvalue weighted by Crippen LogP contribution is 2.32. The molecule has 4 aromatic heterocycles. The first-order valence-electron chi connectivity index (χ1n) is 10.9. The maximum atomic E-state index is 12.6. The number of H-pyrrole nitrogens is 1. The molecule has 0 aliphatic carbocycles. The number of rotatable bonds is 6. The van der Waals surface area contributed by atoms with Crippen LogP contribution in [0.25, 0.3) is 22.1 Å². The van der Waals surface area contributed by atoms with Gasteiger partial charge in [-0.15, -0.1) is 0 Å². The Morgan fingerprint density at radius 3 is 2.91 bits per heavy atom. The summed E-state index contributed by atoms with van der Waals surface area (Å²) >= 11 is 0. The van der Waals surface area contributed by atoms with Gasteiger partial charge in [-0.2, -0.15) is 5.26 Å². The molecule has 1 aliphatic rings.